The fraction of sp³-hybridized carbons (Fsp3) is 0.421. The molecule has 0 aliphatic heterocycles. The Morgan fingerprint density at radius 1 is 0.432 bits per heavy atom. The molecule has 0 unspecified atom stereocenters. The first-order valence-electron chi connectivity index (χ1n) is 16.3. The van der Waals surface area contributed by atoms with Crippen molar-refractivity contribution < 1.29 is 52.6 Å². The molecule has 0 aliphatic carbocycles. The summed E-state index contributed by atoms with van der Waals surface area (Å²) in [7, 11) is 0. The van der Waals surface area contributed by atoms with Crippen molar-refractivity contribution in [3.8, 4) is 34.4 Å². The van der Waals surface area contributed by atoms with Crippen molar-refractivity contribution in [2.24, 2.45) is 0 Å². The Bertz CT molecular complexity index is 1210. The summed E-state index contributed by atoms with van der Waals surface area (Å²) in [5, 5.41) is 0. The molecule has 4 aromatic rings. The molecule has 0 spiro atoms. The van der Waals surface area contributed by atoms with Gasteiger partial charge in [-0.15, -0.1) is 0 Å². The van der Waals surface area contributed by atoms with Gasteiger partial charge in [-0.3, -0.25) is 0 Å². The number of pyridine rings is 2. The highest BCUT2D eigenvalue weighted by Gasteiger charge is 2.13. The standard InChI is InChI=1S/C38H50N2O2.2BrH/c1-3-5-7-9-11-15-29-39-31-17-13-19-37(39)41-35-25-21-33(22-26-35)34-23-27-36(28-24-34)42-38-20-14-18-32-40(38)30-16-12-10-8-6-4-2;;/h13-14,17-28,31-32H,3-12,15-16,29-30H2,1-2H3;2*1H/q+2;;/p-2. The fourth-order valence-electron chi connectivity index (χ4n) is 5.27. The Morgan fingerprint density at radius 3 is 1.18 bits per heavy atom. The molecule has 238 valence electrons. The molecule has 2 aromatic carbocycles. The summed E-state index contributed by atoms with van der Waals surface area (Å²) < 4.78 is 17.0. The minimum Gasteiger partial charge on any atom is -1.00 e. The summed E-state index contributed by atoms with van der Waals surface area (Å²) in [4.78, 5) is 0. The normalized spacial score (nSPS) is 10.5. The van der Waals surface area contributed by atoms with E-state index in [1.165, 1.54) is 77.0 Å². The third-order valence-corrected chi connectivity index (χ3v) is 7.79. The largest absolute Gasteiger partial charge is 1.00 e. The number of aromatic nitrogens is 2. The second-order valence-electron chi connectivity index (χ2n) is 11.3. The minimum atomic E-state index is 0. The molecule has 6 heteroatoms. The Kier molecular flexibility index (Phi) is 18.7. The first-order chi connectivity index (χ1) is 20.8. The highest BCUT2D eigenvalue weighted by molar-refractivity contribution is 5.65. The van der Waals surface area contributed by atoms with Gasteiger partial charge in [0.15, 0.2) is 25.5 Å². The van der Waals surface area contributed by atoms with Gasteiger partial charge in [0, 0.05) is 25.0 Å². The van der Waals surface area contributed by atoms with Crippen LogP contribution in [0, 0.1) is 0 Å². The first kappa shape index (κ1) is 37.5. The molecule has 0 aliphatic rings. The van der Waals surface area contributed by atoms with Crippen LogP contribution < -0.4 is 52.6 Å². The number of unbranched alkanes of at least 4 members (excludes halogenated alkanes) is 10. The average molecular weight is 727 g/mol. The number of hydrogen-bond donors (Lipinski definition) is 0. The summed E-state index contributed by atoms with van der Waals surface area (Å²) in [6, 6.07) is 29.0. The number of halogens is 2. The van der Waals surface area contributed by atoms with E-state index in [0.29, 0.717) is 0 Å². The molecule has 0 amide bonds. The van der Waals surface area contributed by atoms with E-state index in [2.05, 4.69) is 96.0 Å². The van der Waals surface area contributed by atoms with Gasteiger partial charge < -0.3 is 43.4 Å². The Hall–Kier alpha value is -2.70. The van der Waals surface area contributed by atoms with Gasteiger partial charge in [0.25, 0.3) is 0 Å². The summed E-state index contributed by atoms with van der Waals surface area (Å²) in [5.74, 6) is 3.46. The highest BCUT2D eigenvalue weighted by Crippen LogP contribution is 2.27. The van der Waals surface area contributed by atoms with Crippen molar-refractivity contribution in [2.45, 2.75) is 104 Å². The molecule has 0 atom stereocenters. The molecule has 0 saturated carbocycles. The van der Waals surface area contributed by atoms with E-state index in [1.807, 2.05) is 24.3 Å². The second-order valence-corrected chi connectivity index (χ2v) is 11.3. The van der Waals surface area contributed by atoms with Crippen LogP contribution in [0.5, 0.6) is 23.3 Å². The van der Waals surface area contributed by atoms with E-state index in [0.717, 1.165) is 47.5 Å². The second kappa shape index (κ2) is 21.9. The van der Waals surface area contributed by atoms with E-state index in [-0.39, 0.29) is 34.0 Å². The fourth-order valence-corrected chi connectivity index (χ4v) is 5.27. The van der Waals surface area contributed by atoms with E-state index < -0.39 is 0 Å². The molecule has 0 radical (unpaired) electrons. The van der Waals surface area contributed by atoms with Gasteiger partial charge in [0.05, 0.1) is 12.1 Å². The zero-order chi connectivity index (χ0) is 29.2. The van der Waals surface area contributed by atoms with Gasteiger partial charge in [-0.2, -0.15) is 9.13 Å². The lowest BCUT2D eigenvalue weighted by Crippen LogP contribution is -3.00. The van der Waals surface area contributed by atoms with Gasteiger partial charge in [-0.25, -0.2) is 0 Å². The lowest BCUT2D eigenvalue weighted by Gasteiger charge is -2.08. The van der Waals surface area contributed by atoms with Crippen molar-refractivity contribution in [3.05, 3.63) is 97.3 Å². The Balaban J connectivity index is 0.00000337. The van der Waals surface area contributed by atoms with Crippen LogP contribution in [0.3, 0.4) is 0 Å². The van der Waals surface area contributed by atoms with Gasteiger partial charge in [-0.05, 0) is 60.4 Å². The predicted octanol–water partition coefficient (Wildman–Crippen LogP) is 4.24. The van der Waals surface area contributed by atoms with Gasteiger partial charge >= 0.3 is 11.8 Å². The minimum absolute atomic E-state index is 0. The molecule has 0 saturated heterocycles. The number of rotatable bonds is 19. The van der Waals surface area contributed by atoms with Gasteiger partial charge in [0.2, 0.25) is 0 Å². The van der Waals surface area contributed by atoms with E-state index in [4.69, 9.17) is 9.47 Å². The third-order valence-electron chi connectivity index (χ3n) is 7.79. The van der Waals surface area contributed by atoms with Gasteiger partial charge in [-0.1, -0.05) is 89.5 Å². The number of hydrogen-bond acceptors (Lipinski definition) is 2. The Labute approximate surface area is 287 Å². The van der Waals surface area contributed by atoms with Gasteiger partial charge in [0.1, 0.15) is 11.5 Å². The number of nitrogens with zero attached hydrogens (tertiary/aromatic N) is 2. The zero-order valence-electron chi connectivity index (χ0n) is 26.6. The molecular weight excluding hydrogens is 676 g/mol. The number of ether oxygens (including phenoxy) is 2. The van der Waals surface area contributed by atoms with Crippen LogP contribution in [0.2, 0.25) is 0 Å². The molecule has 4 nitrogen and oxygen atoms in total. The van der Waals surface area contributed by atoms with Crippen molar-refractivity contribution >= 4 is 0 Å². The molecule has 2 heterocycles. The highest BCUT2D eigenvalue weighted by atomic mass is 79.9. The maximum Gasteiger partial charge on any atom is 0.373 e. The van der Waals surface area contributed by atoms with Crippen LogP contribution in [0.25, 0.3) is 11.1 Å². The Morgan fingerprint density at radius 2 is 0.795 bits per heavy atom. The van der Waals surface area contributed by atoms with Crippen molar-refractivity contribution in [1.29, 1.82) is 0 Å². The SMILES string of the molecule is CCCCCCCC[n+]1ccccc1Oc1ccc(-c2ccc(Oc3cccc[n+]3CCCCCCCC)cc2)cc1.[Br-].[Br-]. The maximum absolute atomic E-state index is 6.29. The zero-order valence-corrected chi connectivity index (χ0v) is 29.8. The molecule has 44 heavy (non-hydrogen) atoms. The van der Waals surface area contributed by atoms with E-state index in [1.54, 1.807) is 0 Å². The maximum atomic E-state index is 6.29. The molecule has 0 fully saturated rings. The molecule has 0 N–H and O–H groups in total. The first-order valence-corrected chi connectivity index (χ1v) is 16.3. The summed E-state index contributed by atoms with van der Waals surface area (Å²) >= 11 is 0. The van der Waals surface area contributed by atoms with Crippen LogP contribution in [0.1, 0.15) is 90.9 Å². The number of aryl methyl sites for hydroxylation is 2. The smallest absolute Gasteiger partial charge is 0.373 e. The average Bonchev–Trinajstić information content (AvgIpc) is 3.03. The van der Waals surface area contributed by atoms with Crippen LogP contribution in [-0.4, -0.2) is 0 Å². The molecule has 2 aromatic heterocycles. The van der Waals surface area contributed by atoms with Crippen molar-refractivity contribution in [3.63, 3.8) is 0 Å². The monoisotopic (exact) mass is 724 g/mol. The van der Waals surface area contributed by atoms with Crippen LogP contribution in [0.4, 0.5) is 0 Å². The quantitative estimate of drug-likeness (QED) is 0.107. The van der Waals surface area contributed by atoms with E-state index in [9.17, 15) is 0 Å². The number of benzene rings is 2. The van der Waals surface area contributed by atoms with Crippen LogP contribution in [-0.2, 0) is 13.1 Å². The van der Waals surface area contributed by atoms with E-state index >= 15 is 0 Å². The summed E-state index contributed by atoms with van der Waals surface area (Å²) in [5.41, 5.74) is 2.31. The lowest BCUT2D eigenvalue weighted by atomic mass is 10.1. The molecular formula is C38H50Br2N2O2. The van der Waals surface area contributed by atoms with Crippen molar-refractivity contribution in [2.75, 3.05) is 0 Å². The topological polar surface area (TPSA) is 26.2 Å². The predicted molar refractivity (Wildman–Crippen MR) is 172 cm³/mol. The van der Waals surface area contributed by atoms with Crippen LogP contribution in [0.15, 0.2) is 97.3 Å². The molecule has 0 bridgehead atoms. The molecule has 4 rings (SSSR count). The summed E-state index contributed by atoms with van der Waals surface area (Å²) in [6.45, 7) is 6.49. The van der Waals surface area contributed by atoms with Crippen molar-refractivity contribution in [1.82, 2.24) is 0 Å². The lowest BCUT2D eigenvalue weighted by molar-refractivity contribution is -0.701. The summed E-state index contributed by atoms with van der Waals surface area (Å²) in [6.07, 6.45) is 19.7. The third kappa shape index (κ3) is 12.7. The van der Waals surface area contributed by atoms with Crippen LogP contribution >= 0.6 is 0 Å².